The summed E-state index contributed by atoms with van der Waals surface area (Å²) in [7, 11) is 0. The van der Waals surface area contributed by atoms with Crippen LogP contribution < -0.4 is 5.32 Å². The molecule has 2 aromatic carbocycles. The lowest BCUT2D eigenvalue weighted by Crippen LogP contribution is -2.44. The molecule has 0 aliphatic rings. The summed E-state index contributed by atoms with van der Waals surface area (Å²) in [5, 5.41) is 2.88. The number of benzene rings is 2. The monoisotopic (exact) mass is 465 g/mol. The molecule has 5 nitrogen and oxygen atoms in total. The van der Waals surface area contributed by atoms with Crippen molar-refractivity contribution in [3.05, 3.63) is 100 Å². The number of amides is 3. The highest BCUT2D eigenvalue weighted by atomic mass is 32.1. The third-order valence-electron chi connectivity index (χ3n) is 5.13. The van der Waals surface area contributed by atoms with Crippen LogP contribution >= 0.6 is 11.3 Å². The predicted molar refractivity (Wildman–Crippen MR) is 132 cm³/mol. The number of hydrogen-bond acceptors (Lipinski definition) is 3. The number of carbonyl (C=O) groups excluding carboxylic acids is 2. The third-order valence-corrected chi connectivity index (χ3v) is 6.12. The van der Waals surface area contributed by atoms with Gasteiger partial charge in [-0.05, 0) is 55.3 Å². The Bertz CT molecular complexity index is 1110. The quantitative estimate of drug-likeness (QED) is 0.409. The van der Waals surface area contributed by atoms with Gasteiger partial charge >= 0.3 is 6.03 Å². The highest BCUT2D eigenvalue weighted by molar-refractivity contribution is 7.11. The molecule has 0 bridgehead atoms. The van der Waals surface area contributed by atoms with Crippen LogP contribution in [0.25, 0.3) is 0 Å². The van der Waals surface area contributed by atoms with Gasteiger partial charge in [-0.25, -0.2) is 9.18 Å². The lowest BCUT2D eigenvalue weighted by molar-refractivity contribution is -0.132. The van der Waals surface area contributed by atoms with Crippen molar-refractivity contribution in [2.24, 2.45) is 0 Å². The first kappa shape index (κ1) is 24.2. The topological polar surface area (TPSA) is 52.7 Å². The smallest absolute Gasteiger partial charge is 0.322 e. The van der Waals surface area contributed by atoms with Gasteiger partial charge in [-0.3, -0.25) is 4.79 Å². The van der Waals surface area contributed by atoms with Gasteiger partial charge in [0.15, 0.2) is 0 Å². The number of halogens is 1. The van der Waals surface area contributed by atoms with E-state index in [1.165, 1.54) is 17.0 Å². The van der Waals surface area contributed by atoms with E-state index in [2.05, 4.69) is 11.9 Å². The van der Waals surface area contributed by atoms with Gasteiger partial charge in [0.1, 0.15) is 12.4 Å². The molecular formula is C26H28FN3O2S. The maximum absolute atomic E-state index is 13.3. The molecule has 3 rings (SSSR count). The number of nitrogens with one attached hydrogen (secondary N) is 1. The lowest BCUT2D eigenvalue weighted by Gasteiger charge is -2.27. The summed E-state index contributed by atoms with van der Waals surface area (Å²) < 4.78 is 13.3. The molecule has 0 saturated carbocycles. The molecule has 0 aliphatic heterocycles. The summed E-state index contributed by atoms with van der Waals surface area (Å²) in [6, 6.07) is 17.2. The van der Waals surface area contributed by atoms with Gasteiger partial charge in [0, 0.05) is 28.5 Å². The van der Waals surface area contributed by atoms with Crippen LogP contribution in [0.3, 0.4) is 0 Å². The molecule has 0 spiro atoms. The number of thiophene rings is 1. The SMILES string of the molecule is C=CCN(CC(=O)N(Cc1ccc(F)cc1)Cc1ccc(C)s1)C(=O)Nc1ccccc1C. The number of nitrogens with zero attached hydrogens (tertiary/aromatic N) is 2. The average Bonchev–Trinajstić information content (AvgIpc) is 3.20. The first-order chi connectivity index (χ1) is 15.9. The first-order valence-electron chi connectivity index (χ1n) is 10.7. The summed E-state index contributed by atoms with van der Waals surface area (Å²) in [5.74, 6) is -0.525. The van der Waals surface area contributed by atoms with Crippen molar-refractivity contribution in [2.75, 3.05) is 18.4 Å². The van der Waals surface area contributed by atoms with E-state index in [1.807, 2.05) is 50.2 Å². The molecule has 1 heterocycles. The molecule has 0 saturated heterocycles. The Morgan fingerprint density at radius 1 is 1.00 bits per heavy atom. The Kier molecular flexibility index (Phi) is 8.38. The van der Waals surface area contributed by atoms with Crippen molar-refractivity contribution in [3.63, 3.8) is 0 Å². The van der Waals surface area contributed by atoms with Gasteiger partial charge in [0.05, 0.1) is 6.54 Å². The normalized spacial score (nSPS) is 10.5. The molecule has 0 fully saturated rings. The average molecular weight is 466 g/mol. The number of carbonyl (C=O) groups is 2. The maximum Gasteiger partial charge on any atom is 0.322 e. The molecule has 0 radical (unpaired) electrons. The summed E-state index contributed by atoms with van der Waals surface area (Å²) in [6.45, 7) is 8.51. The van der Waals surface area contributed by atoms with Crippen LogP contribution in [0.4, 0.5) is 14.9 Å². The number of aryl methyl sites for hydroxylation is 2. The fourth-order valence-corrected chi connectivity index (χ4v) is 4.25. The molecule has 7 heteroatoms. The number of para-hydroxylation sites is 1. The van der Waals surface area contributed by atoms with Gasteiger partial charge in [0.2, 0.25) is 5.91 Å². The Hall–Kier alpha value is -3.45. The summed E-state index contributed by atoms with van der Waals surface area (Å²) in [4.78, 5) is 31.6. The molecule has 1 aromatic heterocycles. The van der Waals surface area contributed by atoms with E-state index >= 15 is 0 Å². The maximum atomic E-state index is 13.3. The van der Waals surface area contributed by atoms with Crippen LogP contribution in [-0.2, 0) is 17.9 Å². The Labute approximate surface area is 198 Å². The molecular weight excluding hydrogens is 437 g/mol. The first-order valence-corrected chi connectivity index (χ1v) is 11.5. The largest absolute Gasteiger partial charge is 0.332 e. The molecule has 3 amide bonds. The van der Waals surface area contributed by atoms with Gasteiger partial charge < -0.3 is 15.1 Å². The van der Waals surface area contributed by atoms with Gasteiger partial charge in [-0.15, -0.1) is 17.9 Å². The van der Waals surface area contributed by atoms with Crippen LogP contribution in [0.5, 0.6) is 0 Å². The highest BCUT2D eigenvalue weighted by Crippen LogP contribution is 2.19. The number of rotatable bonds is 9. The van der Waals surface area contributed by atoms with Crippen molar-refractivity contribution < 1.29 is 14.0 Å². The van der Waals surface area contributed by atoms with E-state index < -0.39 is 0 Å². The van der Waals surface area contributed by atoms with Gasteiger partial charge in [-0.1, -0.05) is 36.4 Å². The van der Waals surface area contributed by atoms with E-state index in [1.54, 1.807) is 34.4 Å². The standard InChI is InChI=1S/C26H28FN3O2S/c1-4-15-29(26(32)28-24-8-6-5-7-19(24)2)18-25(31)30(17-23-14-9-20(3)33-23)16-21-10-12-22(27)13-11-21/h4-14H,1,15-18H2,2-3H3,(H,28,32). The van der Waals surface area contributed by atoms with Crippen molar-refractivity contribution in [1.29, 1.82) is 0 Å². The number of urea groups is 1. The number of anilines is 1. The molecule has 172 valence electrons. The van der Waals surface area contributed by atoms with E-state index in [9.17, 15) is 14.0 Å². The minimum absolute atomic E-state index is 0.102. The van der Waals surface area contributed by atoms with Crippen molar-refractivity contribution in [2.45, 2.75) is 26.9 Å². The van der Waals surface area contributed by atoms with E-state index in [0.717, 1.165) is 20.9 Å². The van der Waals surface area contributed by atoms with Crippen LogP contribution in [-0.4, -0.2) is 34.8 Å². The second kappa shape index (κ2) is 11.4. The second-order valence-corrected chi connectivity index (χ2v) is 9.18. The van der Waals surface area contributed by atoms with Crippen LogP contribution in [0.15, 0.2) is 73.3 Å². The molecule has 1 N–H and O–H groups in total. The molecule has 0 unspecified atom stereocenters. The van der Waals surface area contributed by atoms with Gasteiger partial charge in [-0.2, -0.15) is 0 Å². The predicted octanol–water partition coefficient (Wildman–Crippen LogP) is 5.75. The minimum atomic E-state index is -0.369. The van der Waals surface area contributed by atoms with Crippen LogP contribution in [0.1, 0.15) is 20.9 Å². The molecule has 33 heavy (non-hydrogen) atoms. The minimum Gasteiger partial charge on any atom is -0.332 e. The second-order valence-electron chi connectivity index (χ2n) is 7.80. The summed E-state index contributed by atoms with van der Waals surface area (Å²) in [5.41, 5.74) is 2.45. The third kappa shape index (κ3) is 7.02. The molecule has 0 atom stereocenters. The fourth-order valence-electron chi connectivity index (χ4n) is 3.35. The Morgan fingerprint density at radius 2 is 1.73 bits per heavy atom. The van der Waals surface area contributed by atoms with Gasteiger partial charge in [0.25, 0.3) is 0 Å². The van der Waals surface area contributed by atoms with Crippen molar-refractivity contribution in [1.82, 2.24) is 9.80 Å². The van der Waals surface area contributed by atoms with E-state index in [0.29, 0.717) is 18.8 Å². The summed E-state index contributed by atoms with van der Waals surface area (Å²) in [6.07, 6.45) is 1.59. The fraction of sp³-hybridized carbons (Fsp3) is 0.231. The number of hydrogen-bond donors (Lipinski definition) is 1. The zero-order valence-corrected chi connectivity index (χ0v) is 19.7. The Morgan fingerprint density at radius 3 is 2.36 bits per heavy atom. The van der Waals surface area contributed by atoms with Crippen LogP contribution in [0.2, 0.25) is 0 Å². The highest BCUT2D eigenvalue weighted by Gasteiger charge is 2.22. The lowest BCUT2D eigenvalue weighted by atomic mass is 10.2. The van der Waals surface area contributed by atoms with E-state index in [-0.39, 0.29) is 30.8 Å². The summed E-state index contributed by atoms with van der Waals surface area (Å²) >= 11 is 1.62. The van der Waals surface area contributed by atoms with E-state index in [4.69, 9.17) is 0 Å². The van der Waals surface area contributed by atoms with Crippen LogP contribution in [0, 0.1) is 19.7 Å². The zero-order valence-electron chi connectivity index (χ0n) is 18.9. The molecule has 0 aliphatic carbocycles. The van der Waals surface area contributed by atoms with Crippen molar-refractivity contribution >= 4 is 29.0 Å². The van der Waals surface area contributed by atoms with Crippen molar-refractivity contribution in [3.8, 4) is 0 Å². The molecule has 3 aromatic rings. The zero-order chi connectivity index (χ0) is 23.8. The Balaban J connectivity index is 1.76.